The van der Waals surface area contributed by atoms with Gasteiger partial charge in [-0.1, -0.05) is 6.92 Å². The Morgan fingerprint density at radius 3 is 1.92 bits per heavy atom. The first-order valence-electron chi connectivity index (χ1n) is 11.6. The molecule has 0 aliphatic carbocycles. The number of halogens is 9. The van der Waals surface area contributed by atoms with Crippen molar-refractivity contribution in [2.75, 3.05) is 18.1 Å². The Kier molecular flexibility index (Phi) is 8.30. The van der Waals surface area contributed by atoms with E-state index in [1.807, 2.05) is 0 Å². The molecule has 0 radical (unpaired) electrons. The summed E-state index contributed by atoms with van der Waals surface area (Å²) in [5, 5.41) is 10.2. The van der Waals surface area contributed by atoms with Crippen LogP contribution in [0.3, 0.4) is 0 Å². The summed E-state index contributed by atoms with van der Waals surface area (Å²) < 4.78 is 127. The van der Waals surface area contributed by atoms with E-state index in [-0.39, 0.29) is 36.8 Å². The number of nitrogens with zero attached hydrogens (tertiary/aromatic N) is 1. The number of anilines is 1. The third-order valence-electron chi connectivity index (χ3n) is 6.56. The molecule has 0 saturated carbocycles. The molecule has 0 unspecified atom stereocenters. The molecule has 1 N–H and O–H groups in total. The number of hydrogen-bond acceptors (Lipinski definition) is 3. The second-order valence-electron chi connectivity index (χ2n) is 8.87. The summed E-state index contributed by atoms with van der Waals surface area (Å²) in [6, 6.07) is 2.59. The number of carbonyl (C=O) groups is 1. The Labute approximate surface area is 212 Å². The molecule has 210 valence electrons. The first-order valence-corrected chi connectivity index (χ1v) is 11.6. The maximum absolute atomic E-state index is 13.6. The van der Waals surface area contributed by atoms with Crippen molar-refractivity contribution in [1.29, 1.82) is 0 Å². The molecule has 2 aromatic carbocycles. The van der Waals surface area contributed by atoms with Gasteiger partial charge in [-0.25, -0.2) is 4.79 Å². The first kappa shape index (κ1) is 29.6. The lowest BCUT2D eigenvalue weighted by Crippen LogP contribution is -2.46. The highest BCUT2D eigenvalue weighted by atomic mass is 19.4. The van der Waals surface area contributed by atoms with Gasteiger partial charge >= 0.3 is 24.6 Å². The fourth-order valence-corrected chi connectivity index (χ4v) is 4.80. The predicted octanol–water partition coefficient (Wildman–Crippen LogP) is 7.75. The predicted molar refractivity (Wildman–Crippen MR) is 119 cm³/mol. The molecule has 1 aliphatic rings. The average molecular weight is 557 g/mol. The molecule has 3 atom stereocenters. The van der Waals surface area contributed by atoms with Gasteiger partial charge in [-0.2, -0.15) is 39.5 Å². The van der Waals surface area contributed by atoms with Gasteiger partial charge in [-0.15, -0.1) is 0 Å². The highest BCUT2D eigenvalue weighted by Gasteiger charge is 2.43. The van der Waals surface area contributed by atoms with Gasteiger partial charge in [0.1, 0.15) is 0 Å². The standard InChI is InChI=1S/C25H24F9NO3/c1-3-17-11-18(19-10-14(23(26,27)28)5-6-21(19)35(17)22(37)38-4-2)20(12-36)13-7-15(24(29,30)31)9-16(8-13)25(32,33)34/h5-10,17-18,20,36H,3-4,11-12H2,1-2H3/t17-,18-,20+/m1/s1. The van der Waals surface area contributed by atoms with E-state index in [9.17, 15) is 49.4 Å². The van der Waals surface area contributed by atoms with Crippen LogP contribution in [0.25, 0.3) is 0 Å². The van der Waals surface area contributed by atoms with Crippen molar-refractivity contribution >= 4 is 11.8 Å². The number of amides is 1. The number of aliphatic hydroxyl groups is 1. The fourth-order valence-electron chi connectivity index (χ4n) is 4.80. The third kappa shape index (κ3) is 6.02. The SMILES string of the molecule is CCOC(=O)N1c2ccc(C(F)(F)F)cc2[C@H]([C@@H](CO)c2cc(C(F)(F)F)cc(C(F)(F)F)c2)C[C@H]1CC. The van der Waals surface area contributed by atoms with E-state index in [1.165, 1.54) is 6.92 Å². The first-order chi connectivity index (χ1) is 17.5. The van der Waals surface area contributed by atoms with E-state index in [2.05, 4.69) is 0 Å². The van der Waals surface area contributed by atoms with Crippen LogP contribution in [0.1, 0.15) is 66.3 Å². The number of rotatable bonds is 5. The lowest BCUT2D eigenvalue weighted by atomic mass is 9.73. The maximum Gasteiger partial charge on any atom is 0.416 e. The summed E-state index contributed by atoms with van der Waals surface area (Å²) in [5.41, 5.74) is -5.06. The summed E-state index contributed by atoms with van der Waals surface area (Å²) >= 11 is 0. The Morgan fingerprint density at radius 1 is 0.921 bits per heavy atom. The van der Waals surface area contributed by atoms with E-state index >= 15 is 0 Å². The van der Waals surface area contributed by atoms with E-state index in [1.54, 1.807) is 6.92 Å². The smallest absolute Gasteiger partial charge is 0.416 e. The lowest BCUT2D eigenvalue weighted by molar-refractivity contribution is -0.143. The zero-order valence-corrected chi connectivity index (χ0v) is 20.1. The van der Waals surface area contributed by atoms with Gasteiger partial charge in [-0.3, -0.25) is 4.90 Å². The van der Waals surface area contributed by atoms with Crippen LogP contribution in [-0.2, 0) is 23.3 Å². The molecule has 1 heterocycles. The quantitative estimate of drug-likeness (QED) is 0.383. The fraction of sp³-hybridized carbons (Fsp3) is 0.480. The topological polar surface area (TPSA) is 49.8 Å². The molecule has 3 rings (SSSR count). The molecular formula is C25H24F9NO3. The largest absolute Gasteiger partial charge is 0.449 e. The number of aliphatic hydroxyl groups excluding tert-OH is 1. The van der Waals surface area contributed by atoms with Crippen LogP contribution < -0.4 is 4.90 Å². The van der Waals surface area contributed by atoms with Crippen molar-refractivity contribution in [2.24, 2.45) is 0 Å². The number of alkyl halides is 9. The minimum absolute atomic E-state index is 0.0268. The van der Waals surface area contributed by atoms with Crippen LogP contribution in [0.5, 0.6) is 0 Å². The molecule has 4 nitrogen and oxygen atoms in total. The van der Waals surface area contributed by atoms with E-state index < -0.39 is 71.4 Å². The summed E-state index contributed by atoms with van der Waals surface area (Å²) in [6.07, 6.45) is -15.9. The van der Waals surface area contributed by atoms with Gasteiger partial charge in [0.25, 0.3) is 0 Å². The van der Waals surface area contributed by atoms with Crippen molar-refractivity contribution in [3.05, 3.63) is 64.2 Å². The van der Waals surface area contributed by atoms with Crippen molar-refractivity contribution < 1.29 is 54.2 Å². The molecule has 0 spiro atoms. The molecule has 38 heavy (non-hydrogen) atoms. The van der Waals surface area contributed by atoms with Crippen molar-refractivity contribution in [2.45, 2.75) is 63.1 Å². The van der Waals surface area contributed by atoms with Gasteiger partial charge in [0.05, 0.1) is 35.6 Å². The van der Waals surface area contributed by atoms with Crippen LogP contribution in [0.4, 0.5) is 50.0 Å². The minimum Gasteiger partial charge on any atom is -0.449 e. The van der Waals surface area contributed by atoms with Crippen molar-refractivity contribution in [1.82, 2.24) is 0 Å². The average Bonchev–Trinajstić information content (AvgIpc) is 2.82. The second kappa shape index (κ2) is 10.7. The van der Waals surface area contributed by atoms with Crippen LogP contribution >= 0.6 is 0 Å². The summed E-state index contributed by atoms with van der Waals surface area (Å²) in [4.78, 5) is 13.9. The van der Waals surface area contributed by atoms with Crippen molar-refractivity contribution in [3.63, 3.8) is 0 Å². The maximum atomic E-state index is 13.6. The summed E-state index contributed by atoms with van der Waals surface area (Å²) in [5.74, 6) is -2.60. The van der Waals surface area contributed by atoms with Gasteiger partial charge in [0, 0.05) is 12.0 Å². The number of benzene rings is 2. The zero-order chi connectivity index (χ0) is 28.6. The Hall–Kier alpha value is -2.96. The molecule has 0 fully saturated rings. The van der Waals surface area contributed by atoms with Crippen LogP contribution in [0.2, 0.25) is 0 Å². The normalized spacial score (nSPS) is 19.2. The molecule has 1 amide bonds. The molecule has 0 aromatic heterocycles. The van der Waals surface area contributed by atoms with Gasteiger partial charge in [0.15, 0.2) is 0 Å². The molecule has 2 aromatic rings. The third-order valence-corrected chi connectivity index (χ3v) is 6.56. The van der Waals surface area contributed by atoms with Gasteiger partial charge < -0.3 is 9.84 Å². The molecule has 0 bridgehead atoms. The Bertz CT molecular complexity index is 1130. The van der Waals surface area contributed by atoms with E-state index in [0.29, 0.717) is 18.2 Å². The van der Waals surface area contributed by atoms with E-state index in [0.717, 1.165) is 17.0 Å². The Morgan fingerprint density at radius 2 is 1.47 bits per heavy atom. The van der Waals surface area contributed by atoms with Gasteiger partial charge in [-0.05, 0) is 73.2 Å². The highest BCUT2D eigenvalue weighted by molar-refractivity contribution is 5.90. The van der Waals surface area contributed by atoms with Crippen LogP contribution in [-0.4, -0.2) is 30.5 Å². The summed E-state index contributed by atoms with van der Waals surface area (Å²) in [7, 11) is 0. The monoisotopic (exact) mass is 557 g/mol. The number of ether oxygens (including phenoxy) is 1. The molecule has 1 aliphatic heterocycles. The number of hydrogen-bond donors (Lipinski definition) is 1. The Balaban J connectivity index is 2.27. The zero-order valence-electron chi connectivity index (χ0n) is 20.1. The van der Waals surface area contributed by atoms with Gasteiger partial charge in [0.2, 0.25) is 0 Å². The summed E-state index contributed by atoms with van der Waals surface area (Å²) in [6.45, 7) is 2.17. The highest BCUT2D eigenvalue weighted by Crippen LogP contribution is 2.49. The molecule has 0 saturated heterocycles. The van der Waals surface area contributed by atoms with Crippen LogP contribution in [0, 0.1) is 0 Å². The second-order valence-corrected chi connectivity index (χ2v) is 8.87. The number of fused-ring (bicyclic) bond motifs is 1. The van der Waals surface area contributed by atoms with E-state index in [4.69, 9.17) is 4.74 Å². The lowest BCUT2D eigenvalue weighted by Gasteiger charge is -2.42. The molecular weight excluding hydrogens is 533 g/mol. The minimum atomic E-state index is -5.16. The van der Waals surface area contributed by atoms with Crippen LogP contribution in [0.15, 0.2) is 36.4 Å². The molecule has 13 heteroatoms. The number of carbonyl (C=O) groups excluding carboxylic acids is 1. The van der Waals surface area contributed by atoms with Crippen molar-refractivity contribution in [3.8, 4) is 0 Å².